The van der Waals surface area contributed by atoms with Gasteiger partial charge in [-0.3, -0.25) is 4.79 Å². The molecule has 1 aliphatic heterocycles. The van der Waals surface area contributed by atoms with Crippen molar-refractivity contribution in [1.29, 1.82) is 0 Å². The van der Waals surface area contributed by atoms with Crippen LogP contribution in [-0.2, 0) is 0 Å². The van der Waals surface area contributed by atoms with Crippen LogP contribution in [0.4, 0.5) is 10.1 Å². The molecule has 2 N–H and O–H groups in total. The number of rotatable bonds is 2. The third-order valence-electron chi connectivity index (χ3n) is 3.27. The lowest BCUT2D eigenvalue weighted by Gasteiger charge is -2.34. The second-order valence-corrected chi connectivity index (χ2v) is 4.50. The van der Waals surface area contributed by atoms with Crippen LogP contribution in [0.2, 0.25) is 0 Å². The minimum Gasteiger partial charge on any atom is -0.399 e. The van der Waals surface area contributed by atoms with E-state index in [1.165, 1.54) is 18.2 Å². The molecule has 0 radical (unpaired) electrons. The maximum absolute atomic E-state index is 13.2. The van der Waals surface area contributed by atoms with E-state index >= 15 is 0 Å². The van der Waals surface area contributed by atoms with E-state index in [1.54, 1.807) is 4.90 Å². The molecule has 1 saturated heterocycles. The topological polar surface area (TPSA) is 49.6 Å². The minimum atomic E-state index is -0.467. The predicted octanol–water partition coefficient (Wildman–Crippen LogP) is 1.19. The second kappa shape index (κ2) is 5.35. The summed E-state index contributed by atoms with van der Waals surface area (Å²) in [5.74, 6) is -0.609. The van der Waals surface area contributed by atoms with E-state index in [9.17, 15) is 9.18 Å². The van der Waals surface area contributed by atoms with Crippen molar-refractivity contribution in [2.75, 3.05) is 38.5 Å². The maximum Gasteiger partial charge on any atom is 0.254 e. The average molecular weight is 251 g/mol. The van der Waals surface area contributed by atoms with Gasteiger partial charge in [0.1, 0.15) is 5.82 Å². The van der Waals surface area contributed by atoms with Crippen LogP contribution in [0.1, 0.15) is 17.3 Å². The second-order valence-electron chi connectivity index (χ2n) is 4.50. The van der Waals surface area contributed by atoms with E-state index in [4.69, 9.17) is 5.73 Å². The first-order chi connectivity index (χ1) is 8.60. The minimum absolute atomic E-state index is 0.142. The number of nitrogen functional groups attached to an aromatic ring is 1. The van der Waals surface area contributed by atoms with E-state index in [2.05, 4.69) is 11.8 Å². The normalized spacial score (nSPS) is 16.9. The van der Waals surface area contributed by atoms with Crippen LogP contribution in [0, 0.1) is 5.82 Å². The molecule has 5 heteroatoms. The Labute approximate surface area is 106 Å². The van der Waals surface area contributed by atoms with Gasteiger partial charge in [-0.15, -0.1) is 0 Å². The average Bonchev–Trinajstić information content (AvgIpc) is 2.37. The van der Waals surface area contributed by atoms with E-state index in [0.717, 1.165) is 19.6 Å². The monoisotopic (exact) mass is 251 g/mol. The van der Waals surface area contributed by atoms with Crippen LogP contribution < -0.4 is 5.73 Å². The summed E-state index contributed by atoms with van der Waals surface area (Å²) in [4.78, 5) is 16.2. The first kappa shape index (κ1) is 12.8. The molecule has 1 fully saturated rings. The number of anilines is 1. The van der Waals surface area contributed by atoms with Gasteiger partial charge < -0.3 is 15.5 Å². The number of halogens is 1. The molecule has 1 aromatic carbocycles. The predicted molar refractivity (Wildman–Crippen MR) is 68.8 cm³/mol. The van der Waals surface area contributed by atoms with Gasteiger partial charge >= 0.3 is 0 Å². The van der Waals surface area contributed by atoms with Crippen molar-refractivity contribution in [2.24, 2.45) is 0 Å². The lowest BCUT2D eigenvalue weighted by atomic mass is 10.1. The Bertz CT molecular complexity index is 422. The van der Waals surface area contributed by atoms with E-state index in [0.29, 0.717) is 18.7 Å². The molecular weight excluding hydrogens is 233 g/mol. The van der Waals surface area contributed by atoms with Gasteiger partial charge in [0.25, 0.3) is 5.91 Å². The van der Waals surface area contributed by atoms with Crippen LogP contribution >= 0.6 is 0 Å². The van der Waals surface area contributed by atoms with Crippen molar-refractivity contribution in [3.05, 3.63) is 29.6 Å². The first-order valence-corrected chi connectivity index (χ1v) is 6.18. The Morgan fingerprint density at radius 3 is 2.50 bits per heavy atom. The molecule has 0 atom stereocenters. The lowest BCUT2D eigenvalue weighted by molar-refractivity contribution is 0.0643. The molecule has 2 rings (SSSR count). The van der Waals surface area contributed by atoms with Crippen molar-refractivity contribution < 1.29 is 9.18 Å². The smallest absolute Gasteiger partial charge is 0.254 e. The number of piperazine rings is 1. The number of carbonyl (C=O) groups excluding carboxylic acids is 1. The Balaban J connectivity index is 2.07. The van der Waals surface area contributed by atoms with E-state index < -0.39 is 5.82 Å². The molecule has 0 aromatic heterocycles. The third-order valence-corrected chi connectivity index (χ3v) is 3.27. The molecule has 0 unspecified atom stereocenters. The van der Waals surface area contributed by atoms with Gasteiger partial charge in [-0.05, 0) is 24.7 Å². The number of hydrogen-bond acceptors (Lipinski definition) is 3. The zero-order chi connectivity index (χ0) is 13.1. The van der Waals surface area contributed by atoms with Crippen molar-refractivity contribution in [3.63, 3.8) is 0 Å². The van der Waals surface area contributed by atoms with Gasteiger partial charge in [0.05, 0.1) is 0 Å². The molecule has 1 amide bonds. The summed E-state index contributed by atoms with van der Waals surface area (Å²) < 4.78 is 13.2. The standard InChI is InChI=1S/C13H18FN3O/c1-2-16-3-5-17(6-4-16)13(18)10-7-11(14)9-12(15)8-10/h7-9H,2-6,15H2,1H3. The number of amides is 1. The zero-order valence-corrected chi connectivity index (χ0v) is 10.5. The lowest BCUT2D eigenvalue weighted by Crippen LogP contribution is -2.48. The summed E-state index contributed by atoms with van der Waals surface area (Å²) in [6.45, 7) is 6.20. The van der Waals surface area contributed by atoms with E-state index in [1.807, 2.05) is 0 Å². The SMILES string of the molecule is CCN1CCN(C(=O)c2cc(N)cc(F)c2)CC1. The molecule has 0 bridgehead atoms. The van der Waals surface area contributed by atoms with Gasteiger partial charge in [0.15, 0.2) is 0 Å². The fourth-order valence-electron chi connectivity index (χ4n) is 2.19. The molecule has 4 nitrogen and oxygen atoms in total. The highest BCUT2D eigenvalue weighted by atomic mass is 19.1. The molecule has 1 heterocycles. The largest absolute Gasteiger partial charge is 0.399 e. The van der Waals surface area contributed by atoms with Crippen LogP contribution in [-0.4, -0.2) is 48.4 Å². The van der Waals surface area contributed by atoms with Gasteiger partial charge in [-0.2, -0.15) is 0 Å². The number of carbonyl (C=O) groups is 1. The van der Waals surface area contributed by atoms with Gasteiger partial charge in [-0.1, -0.05) is 6.92 Å². The van der Waals surface area contributed by atoms with Gasteiger partial charge in [-0.25, -0.2) is 4.39 Å². The highest BCUT2D eigenvalue weighted by molar-refractivity contribution is 5.95. The Hall–Kier alpha value is -1.62. The highest BCUT2D eigenvalue weighted by Gasteiger charge is 2.21. The number of nitrogens with two attached hydrogens (primary N) is 1. The Kier molecular flexibility index (Phi) is 3.81. The molecule has 1 aromatic rings. The molecule has 1 aliphatic rings. The Morgan fingerprint density at radius 1 is 1.28 bits per heavy atom. The maximum atomic E-state index is 13.2. The van der Waals surface area contributed by atoms with Crippen molar-refractivity contribution in [1.82, 2.24) is 9.80 Å². The van der Waals surface area contributed by atoms with Crippen LogP contribution in [0.15, 0.2) is 18.2 Å². The summed E-state index contributed by atoms with van der Waals surface area (Å²) in [6, 6.07) is 3.98. The molecule has 98 valence electrons. The fourth-order valence-corrected chi connectivity index (χ4v) is 2.19. The molecule has 18 heavy (non-hydrogen) atoms. The van der Waals surface area contributed by atoms with Gasteiger partial charge in [0.2, 0.25) is 0 Å². The summed E-state index contributed by atoms with van der Waals surface area (Å²) in [5, 5.41) is 0. The van der Waals surface area contributed by atoms with Crippen molar-refractivity contribution >= 4 is 11.6 Å². The van der Waals surface area contributed by atoms with E-state index in [-0.39, 0.29) is 11.6 Å². The summed E-state index contributed by atoms with van der Waals surface area (Å²) >= 11 is 0. The Morgan fingerprint density at radius 2 is 1.94 bits per heavy atom. The molecular formula is C13H18FN3O. The molecule has 0 spiro atoms. The third kappa shape index (κ3) is 2.79. The fraction of sp³-hybridized carbons (Fsp3) is 0.462. The van der Waals surface area contributed by atoms with Crippen LogP contribution in [0.5, 0.6) is 0 Å². The van der Waals surface area contributed by atoms with Crippen LogP contribution in [0.3, 0.4) is 0 Å². The number of benzene rings is 1. The van der Waals surface area contributed by atoms with Crippen molar-refractivity contribution in [2.45, 2.75) is 6.92 Å². The summed E-state index contributed by atoms with van der Waals surface area (Å²) in [6.07, 6.45) is 0. The van der Waals surface area contributed by atoms with Gasteiger partial charge in [0, 0.05) is 37.4 Å². The number of nitrogens with zero attached hydrogens (tertiary/aromatic N) is 2. The van der Waals surface area contributed by atoms with Crippen LogP contribution in [0.25, 0.3) is 0 Å². The van der Waals surface area contributed by atoms with Crippen molar-refractivity contribution in [3.8, 4) is 0 Å². The summed E-state index contributed by atoms with van der Waals surface area (Å²) in [7, 11) is 0. The summed E-state index contributed by atoms with van der Waals surface area (Å²) in [5.41, 5.74) is 6.17. The zero-order valence-electron chi connectivity index (χ0n) is 10.5. The first-order valence-electron chi connectivity index (χ1n) is 6.18. The number of hydrogen-bond donors (Lipinski definition) is 1. The molecule has 0 aliphatic carbocycles. The molecule has 0 saturated carbocycles. The number of likely N-dealkylation sites (N-methyl/N-ethyl adjacent to an activating group) is 1. The highest BCUT2D eigenvalue weighted by Crippen LogP contribution is 2.14. The quantitative estimate of drug-likeness (QED) is 0.803.